The standard InChI is InChI=1S/C13H24N2S/c1-2-5-13(4-1)11-12(3-10-16-13)15-8-6-14-7-9-15/h12,14H,1-11H2. The number of rotatable bonds is 1. The molecule has 3 rings (SSSR count). The summed E-state index contributed by atoms with van der Waals surface area (Å²) in [5, 5.41) is 3.47. The van der Waals surface area contributed by atoms with Gasteiger partial charge in [0.05, 0.1) is 0 Å². The minimum atomic E-state index is 0.702. The summed E-state index contributed by atoms with van der Waals surface area (Å²) in [6, 6.07) is 0.904. The molecule has 0 amide bonds. The molecule has 2 aliphatic heterocycles. The van der Waals surface area contributed by atoms with E-state index in [0.717, 1.165) is 6.04 Å². The van der Waals surface area contributed by atoms with E-state index in [1.54, 1.807) is 0 Å². The molecule has 2 saturated heterocycles. The summed E-state index contributed by atoms with van der Waals surface area (Å²) in [5.74, 6) is 1.41. The lowest BCUT2D eigenvalue weighted by Gasteiger charge is -2.44. The molecule has 3 fully saturated rings. The Morgan fingerprint density at radius 1 is 1.12 bits per heavy atom. The first-order valence-electron chi connectivity index (χ1n) is 6.97. The van der Waals surface area contributed by atoms with Crippen molar-refractivity contribution >= 4 is 11.8 Å². The fourth-order valence-electron chi connectivity index (χ4n) is 3.73. The predicted octanol–water partition coefficient (Wildman–Crippen LogP) is 2.10. The van der Waals surface area contributed by atoms with Crippen LogP contribution in [0.4, 0.5) is 0 Å². The van der Waals surface area contributed by atoms with Gasteiger partial charge in [0.2, 0.25) is 0 Å². The Labute approximate surface area is 104 Å². The van der Waals surface area contributed by atoms with Crippen LogP contribution in [-0.4, -0.2) is 47.6 Å². The van der Waals surface area contributed by atoms with Crippen LogP contribution in [0.25, 0.3) is 0 Å². The highest BCUT2D eigenvalue weighted by Crippen LogP contribution is 2.49. The van der Waals surface area contributed by atoms with E-state index in [2.05, 4.69) is 22.0 Å². The maximum Gasteiger partial charge on any atom is 0.0175 e. The van der Waals surface area contributed by atoms with E-state index < -0.39 is 0 Å². The van der Waals surface area contributed by atoms with E-state index in [9.17, 15) is 0 Å². The summed E-state index contributed by atoms with van der Waals surface area (Å²) in [7, 11) is 0. The monoisotopic (exact) mass is 240 g/mol. The SMILES string of the molecule is C1CCC2(C1)CC(N1CCNCC1)CCS2. The van der Waals surface area contributed by atoms with E-state index in [-0.39, 0.29) is 0 Å². The zero-order valence-corrected chi connectivity index (χ0v) is 11.0. The fourth-order valence-corrected chi connectivity index (χ4v) is 5.44. The third-order valence-corrected chi connectivity index (χ3v) is 6.28. The molecule has 1 unspecified atom stereocenters. The first kappa shape index (κ1) is 11.4. The molecule has 2 heterocycles. The van der Waals surface area contributed by atoms with Crippen molar-refractivity contribution in [3.63, 3.8) is 0 Å². The zero-order chi connectivity index (χ0) is 10.8. The molecule has 0 bridgehead atoms. The predicted molar refractivity (Wildman–Crippen MR) is 71.1 cm³/mol. The van der Waals surface area contributed by atoms with Crippen molar-refractivity contribution in [3.05, 3.63) is 0 Å². The van der Waals surface area contributed by atoms with Crippen LogP contribution in [0.5, 0.6) is 0 Å². The van der Waals surface area contributed by atoms with Crippen LogP contribution in [-0.2, 0) is 0 Å². The third-order valence-electron chi connectivity index (χ3n) is 4.65. The zero-order valence-electron chi connectivity index (χ0n) is 10.2. The number of nitrogens with one attached hydrogen (secondary N) is 1. The summed E-state index contributed by atoms with van der Waals surface area (Å²) in [6.07, 6.45) is 8.90. The molecule has 0 aromatic carbocycles. The molecule has 1 aliphatic carbocycles. The highest BCUT2D eigenvalue weighted by molar-refractivity contribution is 8.00. The number of piperazine rings is 1. The first-order chi connectivity index (χ1) is 7.88. The van der Waals surface area contributed by atoms with Gasteiger partial charge in [-0.25, -0.2) is 0 Å². The second-order valence-corrected chi connectivity index (χ2v) is 7.23. The van der Waals surface area contributed by atoms with Crippen LogP contribution in [0, 0.1) is 0 Å². The average molecular weight is 240 g/mol. The molecule has 3 aliphatic rings. The maximum absolute atomic E-state index is 3.47. The molecule has 0 aromatic heterocycles. The molecule has 92 valence electrons. The van der Waals surface area contributed by atoms with E-state index in [1.807, 2.05) is 0 Å². The highest BCUT2D eigenvalue weighted by Gasteiger charge is 2.40. The number of hydrogen-bond acceptors (Lipinski definition) is 3. The van der Waals surface area contributed by atoms with Crippen molar-refractivity contribution < 1.29 is 0 Å². The lowest BCUT2D eigenvalue weighted by molar-refractivity contribution is 0.147. The number of nitrogens with zero attached hydrogens (tertiary/aromatic N) is 1. The van der Waals surface area contributed by atoms with Crippen LogP contribution < -0.4 is 5.32 Å². The van der Waals surface area contributed by atoms with Crippen molar-refractivity contribution in [1.82, 2.24) is 10.2 Å². The molecule has 16 heavy (non-hydrogen) atoms. The molecule has 2 nitrogen and oxygen atoms in total. The second kappa shape index (κ2) is 4.87. The molecule has 0 radical (unpaired) electrons. The molecule has 1 saturated carbocycles. The Hall–Kier alpha value is 0.270. The van der Waals surface area contributed by atoms with E-state index >= 15 is 0 Å². The van der Waals surface area contributed by atoms with Crippen LogP contribution in [0.1, 0.15) is 38.5 Å². The fraction of sp³-hybridized carbons (Fsp3) is 1.00. The summed E-state index contributed by atoms with van der Waals surface area (Å²) < 4.78 is 0.702. The number of hydrogen-bond donors (Lipinski definition) is 1. The van der Waals surface area contributed by atoms with Gasteiger partial charge in [0.25, 0.3) is 0 Å². The van der Waals surface area contributed by atoms with Crippen molar-refractivity contribution in [2.75, 3.05) is 31.9 Å². The Morgan fingerprint density at radius 2 is 1.88 bits per heavy atom. The summed E-state index contributed by atoms with van der Waals surface area (Å²) >= 11 is 2.30. The van der Waals surface area contributed by atoms with E-state index in [4.69, 9.17) is 0 Å². The minimum Gasteiger partial charge on any atom is -0.314 e. The van der Waals surface area contributed by atoms with Gasteiger partial charge in [-0.05, 0) is 31.4 Å². The van der Waals surface area contributed by atoms with Gasteiger partial charge in [-0.3, -0.25) is 4.90 Å². The molecule has 3 heteroatoms. The van der Waals surface area contributed by atoms with Gasteiger partial charge in [-0.1, -0.05) is 12.8 Å². The largest absolute Gasteiger partial charge is 0.314 e. The first-order valence-corrected chi connectivity index (χ1v) is 7.95. The molecular weight excluding hydrogens is 216 g/mol. The molecule has 1 atom stereocenters. The quantitative estimate of drug-likeness (QED) is 0.755. The smallest absolute Gasteiger partial charge is 0.0175 e. The molecule has 1 spiro atoms. The van der Waals surface area contributed by atoms with Gasteiger partial charge in [-0.15, -0.1) is 0 Å². The van der Waals surface area contributed by atoms with Crippen molar-refractivity contribution in [3.8, 4) is 0 Å². The lowest BCUT2D eigenvalue weighted by atomic mass is 9.93. The van der Waals surface area contributed by atoms with Crippen molar-refractivity contribution in [1.29, 1.82) is 0 Å². The Bertz CT molecular complexity index is 232. The average Bonchev–Trinajstić information content (AvgIpc) is 2.78. The van der Waals surface area contributed by atoms with Crippen LogP contribution in [0.2, 0.25) is 0 Å². The maximum atomic E-state index is 3.47. The number of thioether (sulfide) groups is 1. The second-order valence-electron chi connectivity index (χ2n) is 5.67. The Morgan fingerprint density at radius 3 is 2.62 bits per heavy atom. The van der Waals surface area contributed by atoms with Crippen molar-refractivity contribution in [2.24, 2.45) is 0 Å². The normalized spacial score (nSPS) is 35.6. The summed E-state index contributed by atoms with van der Waals surface area (Å²) in [4.78, 5) is 2.76. The molecule has 1 N–H and O–H groups in total. The highest BCUT2D eigenvalue weighted by atomic mass is 32.2. The van der Waals surface area contributed by atoms with Crippen molar-refractivity contribution in [2.45, 2.75) is 49.3 Å². The van der Waals surface area contributed by atoms with Crippen LogP contribution in [0.15, 0.2) is 0 Å². The van der Waals surface area contributed by atoms with Gasteiger partial charge in [0.1, 0.15) is 0 Å². The lowest BCUT2D eigenvalue weighted by Crippen LogP contribution is -2.51. The van der Waals surface area contributed by atoms with E-state index in [0.29, 0.717) is 4.75 Å². The Balaban J connectivity index is 1.62. The third kappa shape index (κ3) is 2.27. The Kier molecular flexibility index (Phi) is 3.46. The molecule has 0 aromatic rings. The van der Waals surface area contributed by atoms with Gasteiger partial charge in [0, 0.05) is 37.0 Å². The van der Waals surface area contributed by atoms with Crippen LogP contribution >= 0.6 is 11.8 Å². The van der Waals surface area contributed by atoms with Gasteiger partial charge < -0.3 is 5.32 Å². The summed E-state index contributed by atoms with van der Waals surface area (Å²) in [5.41, 5.74) is 0. The van der Waals surface area contributed by atoms with Gasteiger partial charge >= 0.3 is 0 Å². The summed E-state index contributed by atoms with van der Waals surface area (Å²) in [6.45, 7) is 4.98. The minimum absolute atomic E-state index is 0.702. The van der Waals surface area contributed by atoms with E-state index in [1.165, 1.54) is 70.5 Å². The van der Waals surface area contributed by atoms with Gasteiger partial charge in [-0.2, -0.15) is 11.8 Å². The van der Waals surface area contributed by atoms with Crippen LogP contribution in [0.3, 0.4) is 0 Å². The van der Waals surface area contributed by atoms with Gasteiger partial charge in [0.15, 0.2) is 0 Å². The topological polar surface area (TPSA) is 15.3 Å². The molecular formula is C13H24N2S.